The van der Waals surface area contributed by atoms with Gasteiger partial charge in [-0.15, -0.1) is 10.2 Å². The Morgan fingerprint density at radius 2 is 1.88 bits per heavy atom. The molecular weight excluding hydrogens is 353 g/mol. The molecule has 0 unspecified atom stereocenters. The lowest BCUT2D eigenvalue weighted by atomic mass is 10.2. The molecule has 0 saturated carbocycles. The van der Waals surface area contributed by atoms with Crippen LogP contribution in [-0.4, -0.2) is 30.9 Å². The number of nitriles is 1. The van der Waals surface area contributed by atoms with Gasteiger partial charge in [0.1, 0.15) is 17.6 Å². The third-order valence-corrected chi connectivity index (χ3v) is 3.99. The Morgan fingerprint density at radius 3 is 2.48 bits per heavy atom. The molecule has 3 aromatic rings. The van der Waals surface area contributed by atoms with Gasteiger partial charge in [0.15, 0.2) is 11.0 Å². The smallest absolute Gasteiger partial charge is 0.293 e. The molecular formula is C15H9F3N6S. The summed E-state index contributed by atoms with van der Waals surface area (Å²) in [5.41, 5.74) is 0.838. The van der Waals surface area contributed by atoms with Crippen molar-refractivity contribution in [1.82, 2.24) is 24.7 Å². The van der Waals surface area contributed by atoms with Crippen LogP contribution in [0.5, 0.6) is 0 Å². The monoisotopic (exact) mass is 362 g/mol. The van der Waals surface area contributed by atoms with E-state index in [2.05, 4.69) is 20.2 Å². The van der Waals surface area contributed by atoms with Crippen LogP contribution in [0, 0.1) is 11.3 Å². The Labute approximate surface area is 144 Å². The highest BCUT2D eigenvalue weighted by Crippen LogP contribution is 2.31. The van der Waals surface area contributed by atoms with Crippen LogP contribution in [0.4, 0.5) is 13.2 Å². The summed E-state index contributed by atoms with van der Waals surface area (Å²) in [6.07, 6.45) is -0.151. The molecule has 0 aromatic carbocycles. The quantitative estimate of drug-likeness (QED) is 0.708. The van der Waals surface area contributed by atoms with Gasteiger partial charge >= 0.3 is 6.18 Å². The molecule has 0 atom stereocenters. The SMILES string of the molecule is N#Cc1ccc(Sc2nnc(-c3ccncc3)n2CC(F)(F)F)nc1. The first-order chi connectivity index (χ1) is 12.0. The Hall–Kier alpha value is -2.93. The number of pyridine rings is 2. The van der Waals surface area contributed by atoms with Crippen LogP contribution < -0.4 is 0 Å². The minimum absolute atomic E-state index is 0.0568. The summed E-state index contributed by atoms with van der Waals surface area (Å²) in [6, 6.07) is 8.12. The van der Waals surface area contributed by atoms with Gasteiger partial charge in [0.05, 0.1) is 5.56 Å². The summed E-state index contributed by atoms with van der Waals surface area (Å²) in [5.74, 6) is 0.0934. The van der Waals surface area contributed by atoms with Crippen molar-refractivity contribution in [3.8, 4) is 17.5 Å². The van der Waals surface area contributed by atoms with Gasteiger partial charge in [-0.05, 0) is 36.0 Å². The number of alkyl halides is 3. The molecule has 0 radical (unpaired) electrons. The lowest BCUT2D eigenvalue weighted by Gasteiger charge is -2.12. The number of aromatic nitrogens is 5. The zero-order chi connectivity index (χ0) is 17.9. The number of hydrogen-bond acceptors (Lipinski definition) is 6. The van der Waals surface area contributed by atoms with Crippen LogP contribution in [0.1, 0.15) is 5.56 Å². The highest BCUT2D eigenvalue weighted by molar-refractivity contribution is 7.99. The molecule has 3 heterocycles. The molecule has 0 spiro atoms. The molecule has 0 aliphatic rings. The molecule has 126 valence electrons. The van der Waals surface area contributed by atoms with E-state index in [0.717, 1.165) is 16.3 Å². The van der Waals surface area contributed by atoms with Crippen molar-refractivity contribution < 1.29 is 13.2 Å². The van der Waals surface area contributed by atoms with Gasteiger partial charge in [0, 0.05) is 24.2 Å². The van der Waals surface area contributed by atoms with E-state index in [9.17, 15) is 13.2 Å². The van der Waals surface area contributed by atoms with Crippen LogP contribution in [0.3, 0.4) is 0 Å². The minimum Gasteiger partial charge on any atom is -0.293 e. The highest BCUT2D eigenvalue weighted by Gasteiger charge is 2.31. The molecule has 10 heteroatoms. The van der Waals surface area contributed by atoms with E-state index >= 15 is 0 Å². The average molecular weight is 362 g/mol. The van der Waals surface area contributed by atoms with Crippen molar-refractivity contribution in [2.45, 2.75) is 22.9 Å². The van der Waals surface area contributed by atoms with Gasteiger partial charge in [0.25, 0.3) is 0 Å². The van der Waals surface area contributed by atoms with Crippen LogP contribution in [0.2, 0.25) is 0 Å². The molecule has 3 aromatic heterocycles. The zero-order valence-corrected chi connectivity index (χ0v) is 13.3. The van der Waals surface area contributed by atoms with Crippen molar-refractivity contribution in [1.29, 1.82) is 5.26 Å². The van der Waals surface area contributed by atoms with Crippen molar-refractivity contribution >= 4 is 11.8 Å². The van der Waals surface area contributed by atoms with Gasteiger partial charge in [-0.25, -0.2) is 4.98 Å². The largest absolute Gasteiger partial charge is 0.406 e. The highest BCUT2D eigenvalue weighted by atomic mass is 32.2. The molecule has 3 rings (SSSR count). The number of nitrogens with zero attached hydrogens (tertiary/aromatic N) is 6. The first-order valence-electron chi connectivity index (χ1n) is 6.90. The summed E-state index contributed by atoms with van der Waals surface area (Å²) >= 11 is 0.943. The van der Waals surface area contributed by atoms with Crippen LogP contribution in [0.15, 0.2) is 53.0 Å². The fourth-order valence-electron chi connectivity index (χ4n) is 2.00. The normalized spacial score (nSPS) is 11.3. The first kappa shape index (κ1) is 16.9. The Kier molecular flexibility index (Phi) is 4.67. The molecule has 0 N–H and O–H groups in total. The second kappa shape index (κ2) is 6.90. The summed E-state index contributed by atoms with van der Waals surface area (Å²) < 4.78 is 39.9. The molecule has 0 fully saturated rings. The Balaban J connectivity index is 1.98. The number of halogens is 3. The third-order valence-electron chi connectivity index (χ3n) is 3.05. The second-order valence-corrected chi connectivity index (χ2v) is 5.83. The van der Waals surface area contributed by atoms with E-state index in [1.54, 1.807) is 18.2 Å². The maximum atomic E-state index is 13.0. The molecule has 25 heavy (non-hydrogen) atoms. The van der Waals surface area contributed by atoms with Gasteiger partial charge in [-0.1, -0.05) is 0 Å². The molecule has 0 bridgehead atoms. The van der Waals surface area contributed by atoms with Crippen molar-refractivity contribution in [2.75, 3.05) is 0 Å². The Bertz CT molecular complexity index is 900. The van der Waals surface area contributed by atoms with E-state index in [1.807, 2.05) is 6.07 Å². The van der Waals surface area contributed by atoms with Crippen LogP contribution >= 0.6 is 11.8 Å². The maximum Gasteiger partial charge on any atom is 0.406 e. The number of rotatable bonds is 4. The van der Waals surface area contributed by atoms with E-state index in [0.29, 0.717) is 16.2 Å². The van der Waals surface area contributed by atoms with Gasteiger partial charge < -0.3 is 0 Å². The maximum absolute atomic E-state index is 13.0. The van der Waals surface area contributed by atoms with Crippen molar-refractivity contribution in [3.63, 3.8) is 0 Å². The molecule has 6 nitrogen and oxygen atoms in total. The second-order valence-electron chi connectivity index (χ2n) is 4.84. The fraction of sp³-hybridized carbons (Fsp3) is 0.133. The molecule has 0 saturated heterocycles. The third kappa shape index (κ3) is 4.13. The zero-order valence-electron chi connectivity index (χ0n) is 12.5. The lowest BCUT2D eigenvalue weighted by molar-refractivity contribution is -0.141. The predicted molar refractivity (Wildman–Crippen MR) is 82.4 cm³/mol. The van der Waals surface area contributed by atoms with Crippen LogP contribution in [-0.2, 0) is 6.54 Å². The molecule has 0 aliphatic carbocycles. The van der Waals surface area contributed by atoms with Crippen LogP contribution in [0.25, 0.3) is 11.4 Å². The summed E-state index contributed by atoms with van der Waals surface area (Å²) in [4.78, 5) is 7.88. The summed E-state index contributed by atoms with van der Waals surface area (Å²) in [6.45, 7) is -1.23. The van der Waals surface area contributed by atoms with E-state index in [-0.39, 0.29) is 11.0 Å². The lowest BCUT2D eigenvalue weighted by Crippen LogP contribution is -2.19. The van der Waals surface area contributed by atoms with E-state index in [1.165, 1.54) is 24.7 Å². The van der Waals surface area contributed by atoms with E-state index < -0.39 is 12.7 Å². The topological polar surface area (TPSA) is 80.3 Å². The van der Waals surface area contributed by atoms with Crippen molar-refractivity contribution in [2.24, 2.45) is 0 Å². The van der Waals surface area contributed by atoms with E-state index in [4.69, 9.17) is 5.26 Å². The standard InChI is InChI=1S/C15H9F3N6S/c16-15(17,18)9-24-13(11-3-5-20-6-4-11)22-23-14(24)25-12-2-1-10(7-19)8-21-12/h1-6,8H,9H2. The van der Waals surface area contributed by atoms with Gasteiger partial charge in [-0.3, -0.25) is 9.55 Å². The average Bonchev–Trinajstić information content (AvgIpc) is 2.97. The first-order valence-corrected chi connectivity index (χ1v) is 7.72. The predicted octanol–water partition coefficient (Wildman–Crippen LogP) is 3.32. The summed E-state index contributed by atoms with van der Waals surface area (Å²) in [7, 11) is 0. The summed E-state index contributed by atoms with van der Waals surface area (Å²) in [5, 5.41) is 17.0. The number of hydrogen-bond donors (Lipinski definition) is 0. The Morgan fingerprint density at radius 1 is 1.12 bits per heavy atom. The minimum atomic E-state index is -4.43. The molecule has 0 amide bonds. The fourth-order valence-corrected chi connectivity index (χ4v) is 2.77. The van der Waals surface area contributed by atoms with Gasteiger partial charge in [-0.2, -0.15) is 18.4 Å². The molecule has 0 aliphatic heterocycles. The van der Waals surface area contributed by atoms with Gasteiger partial charge in [0.2, 0.25) is 0 Å². The van der Waals surface area contributed by atoms with Crippen molar-refractivity contribution in [3.05, 3.63) is 48.4 Å².